The van der Waals surface area contributed by atoms with E-state index in [0.29, 0.717) is 12.2 Å². The molecule has 0 aliphatic heterocycles. The van der Waals surface area contributed by atoms with E-state index in [1.165, 1.54) is 5.56 Å². The van der Waals surface area contributed by atoms with E-state index in [2.05, 4.69) is 15.9 Å². The number of halogens is 1. The van der Waals surface area contributed by atoms with E-state index >= 15 is 0 Å². The Hall–Kier alpha value is -0.830. The number of hydrogen-bond acceptors (Lipinski definition) is 2. The van der Waals surface area contributed by atoms with E-state index in [-0.39, 0.29) is 5.97 Å². The first-order valence-corrected chi connectivity index (χ1v) is 6.13. The van der Waals surface area contributed by atoms with E-state index in [9.17, 15) is 4.79 Å². The fourth-order valence-corrected chi connectivity index (χ4v) is 1.66. The van der Waals surface area contributed by atoms with Gasteiger partial charge in [-0.3, -0.25) is 0 Å². The van der Waals surface area contributed by atoms with E-state index in [0.717, 1.165) is 17.3 Å². The largest absolute Gasteiger partial charge is 0.462 e. The highest BCUT2D eigenvalue weighted by Gasteiger charge is 2.09. The highest BCUT2D eigenvalue weighted by atomic mass is 79.9. The number of aryl methyl sites for hydroxylation is 1. The molecule has 0 aliphatic rings. The first kappa shape index (κ1) is 12.2. The van der Waals surface area contributed by atoms with Crippen LogP contribution in [0.2, 0.25) is 0 Å². The van der Waals surface area contributed by atoms with Gasteiger partial charge in [-0.05, 0) is 30.5 Å². The van der Waals surface area contributed by atoms with Gasteiger partial charge in [0.05, 0.1) is 12.2 Å². The van der Waals surface area contributed by atoms with Gasteiger partial charge in [0, 0.05) is 5.33 Å². The van der Waals surface area contributed by atoms with Crippen LogP contribution in [0.3, 0.4) is 0 Å². The Morgan fingerprint density at radius 3 is 2.73 bits per heavy atom. The molecule has 0 fully saturated rings. The molecule has 1 aromatic carbocycles. The fourth-order valence-electron chi connectivity index (χ4n) is 1.31. The van der Waals surface area contributed by atoms with Crippen LogP contribution in [0.15, 0.2) is 18.2 Å². The maximum atomic E-state index is 11.6. The molecule has 0 aliphatic carbocycles. The summed E-state index contributed by atoms with van der Waals surface area (Å²) >= 11 is 3.38. The minimum absolute atomic E-state index is 0.226. The van der Waals surface area contributed by atoms with Crippen molar-refractivity contribution in [2.75, 3.05) is 6.61 Å². The zero-order valence-electron chi connectivity index (χ0n) is 9.05. The predicted molar refractivity (Wildman–Crippen MR) is 64.4 cm³/mol. The monoisotopic (exact) mass is 270 g/mol. The van der Waals surface area contributed by atoms with Gasteiger partial charge in [0.25, 0.3) is 0 Å². The third kappa shape index (κ3) is 3.34. The number of alkyl halides is 1. The second kappa shape index (κ2) is 5.91. The first-order valence-electron chi connectivity index (χ1n) is 5.01. The highest BCUT2D eigenvalue weighted by molar-refractivity contribution is 9.08. The van der Waals surface area contributed by atoms with Crippen LogP contribution in [-0.2, 0) is 10.1 Å². The summed E-state index contributed by atoms with van der Waals surface area (Å²) in [7, 11) is 0. The number of rotatable bonds is 4. The van der Waals surface area contributed by atoms with Crippen molar-refractivity contribution in [3.8, 4) is 0 Å². The predicted octanol–water partition coefficient (Wildman–Crippen LogP) is 3.46. The van der Waals surface area contributed by atoms with Crippen LogP contribution in [0.4, 0.5) is 0 Å². The van der Waals surface area contributed by atoms with Crippen molar-refractivity contribution in [2.24, 2.45) is 0 Å². The molecule has 0 bridgehead atoms. The van der Waals surface area contributed by atoms with Gasteiger partial charge in [-0.15, -0.1) is 0 Å². The summed E-state index contributed by atoms with van der Waals surface area (Å²) in [6.07, 6.45) is 0.851. The number of carbonyl (C=O) groups is 1. The lowest BCUT2D eigenvalue weighted by molar-refractivity contribution is 0.0504. The Kier molecular flexibility index (Phi) is 4.82. The van der Waals surface area contributed by atoms with Crippen LogP contribution in [0.25, 0.3) is 0 Å². The molecule has 0 saturated heterocycles. The first-order chi connectivity index (χ1) is 7.19. The van der Waals surface area contributed by atoms with Crippen LogP contribution in [0.1, 0.15) is 34.8 Å². The van der Waals surface area contributed by atoms with Crippen molar-refractivity contribution in [1.82, 2.24) is 0 Å². The highest BCUT2D eigenvalue weighted by Crippen LogP contribution is 2.14. The molecular formula is C12H15BrO2. The van der Waals surface area contributed by atoms with Gasteiger partial charge in [-0.25, -0.2) is 4.79 Å². The number of carbonyl (C=O) groups excluding carboxylic acids is 1. The van der Waals surface area contributed by atoms with Gasteiger partial charge in [0.1, 0.15) is 0 Å². The Morgan fingerprint density at radius 2 is 2.20 bits per heavy atom. The molecule has 0 spiro atoms. The Morgan fingerprint density at radius 1 is 1.47 bits per heavy atom. The number of esters is 1. The van der Waals surface area contributed by atoms with E-state index in [4.69, 9.17) is 4.74 Å². The maximum absolute atomic E-state index is 11.6. The fraction of sp³-hybridized carbons (Fsp3) is 0.417. The summed E-state index contributed by atoms with van der Waals surface area (Å²) in [4.78, 5) is 11.6. The lowest BCUT2D eigenvalue weighted by Gasteiger charge is -2.07. The molecule has 0 radical (unpaired) electrons. The number of ether oxygens (including phenoxy) is 1. The van der Waals surface area contributed by atoms with E-state index < -0.39 is 0 Å². The molecule has 0 amide bonds. The zero-order chi connectivity index (χ0) is 11.3. The summed E-state index contributed by atoms with van der Waals surface area (Å²) < 4.78 is 5.08. The van der Waals surface area contributed by atoms with Crippen LogP contribution < -0.4 is 0 Å². The average Bonchev–Trinajstić information content (AvgIpc) is 2.25. The molecule has 1 rings (SSSR count). The molecule has 82 valence electrons. The molecule has 0 saturated carbocycles. The van der Waals surface area contributed by atoms with Crippen molar-refractivity contribution >= 4 is 21.9 Å². The average molecular weight is 271 g/mol. The standard InChI is InChI=1S/C12H15BrO2/c1-3-6-15-12(14)11-5-4-10(8-13)7-9(11)2/h4-5,7H,3,6,8H2,1-2H3. The normalized spacial score (nSPS) is 10.1. The molecule has 0 atom stereocenters. The molecule has 0 heterocycles. The number of hydrogen-bond donors (Lipinski definition) is 0. The quantitative estimate of drug-likeness (QED) is 0.619. The molecule has 2 nitrogen and oxygen atoms in total. The maximum Gasteiger partial charge on any atom is 0.338 e. The van der Waals surface area contributed by atoms with Gasteiger partial charge in [0.15, 0.2) is 0 Å². The topological polar surface area (TPSA) is 26.3 Å². The molecule has 0 unspecified atom stereocenters. The Balaban J connectivity index is 2.81. The van der Waals surface area contributed by atoms with Crippen molar-refractivity contribution in [2.45, 2.75) is 25.6 Å². The van der Waals surface area contributed by atoms with Gasteiger partial charge in [-0.2, -0.15) is 0 Å². The van der Waals surface area contributed by atoms with Crippen LogP contribution >= 0.6 is 15.9 Å². The van der Waals surface area contributed by atoms with Crippen molar-refractivity contribution in [3.63, 3.8) is 0 Å². The summed E-state index contributed by atoms with van der Waals surface area (Å²) in [5.74, 6) is -0.226. The minimum atomic E-state index is -0.226. The second-order valence-electron chi connectivity index (χ2n) is 3.42. The van der Waals surface area contributed by atoms with Crippen molar-refractivity contribution < 1.29 is 9.53 Å². The third-order valence-electron chi connectivity index (χ3n) is 2.10. The van der Waals surface area contributed by atoms with Crippen LogP contribution in [-0.4, -0.2) is 12.6 Å². The van der Waals surface area contributed by atoms with E-state index in [1.807, 2.05) is 32.0 Å². The van der Waals surface area contributed by atoms with Crippen LogP contribution in [0, 0.1) is 6.92 Å². The summed E-state index contributed by atoms with van der Waals surface area (Å²) in [6.45, 7) is 4.39. The molecule has 15 heavy (non-hydrogen) atoms. The summed E-state index contributed by atoms with van der Waals surface area (Å²) in [6, 6.07) is 5.76. The number of benzene rings is 1. The van der Waals surface area contributed by atoms with Gasteiger partial charge >= 0.3 is 5.97 Å². The summed E-state index contributed by atoms with van der Waals surface area (Å²) in [5, 5.41) is 0.804. The van der Waals surface area contributed by atoms with E-state index in [1.54, 1.807) is 0 Å². The second-order valence-corrected chi connectivity index (χ2v) is 3.98. The lowest BCUT2D eigenvalue weighted by Crippen LogP contribution is -2.07. The molecule has 3 heteroatoms. The van der Waals surface area contributed by atoms with Crippen LogP contribution in [0.5, 0.6) is 0 Å². The van der Waals surface area contributed by atoms with Crippen molar-refractivity contribution in [1.29, 1.82) is 0 Å². The van der Waals surface area contributed by atoms with Gasteiger partial charge in [0.2, 0.25) is 0 Å². The van der Waals surface area contributed by atoms with Crippen molar-refractivity contribution in [3.05, 3.63) is 34.9 Å². The minimum Gasteiger partial charge on any atom is -0.462 e. The zero-order valence-corrected chi connectivity index (χ0v) is 10.6. The van der Waals surface area contributed by atoms with Gasteiger partial charge < -0.3 is 4.74 Å². The smallest absolute Gasteiger partial charge is 0.338 e. The molecular weight excluding hydrogens is 256 g/mol. The lowest BCUT2D eigenvalue weighted by atomic mass is 10.1. The molecule has 0 N–H and O–H groups in total. The molecule has 1 aromatic rings. The Bertz CT molecular complexity index is 347. The summed E-state index contributed by atoms with van der Waals surface area (Å²) in [5.41, 5.74) is 2.79. The Labute approximate surface area is 98.8 Å². The SMILES string of the molecule is CCCOC(=O)c1ccc(CBr)cc1C. The third-order valence-corrected chi connectivity index (χ3v) is 2.75. The van der Waals surface area contributed by atoms with Gasteiger partial charge in [-0.1, -0.05) is 35.0 Å². The molecule has 0 aromatic heterocycles.